The molecule has 0 spiro atoms. The lowest BCUT2D eigenvalue weighted by molar-refractivity contribution is -0.144. The minimum atomic E-state index is -1.02. The molecule has 3 rings (SSSR count). The van der Waals surface area contributed by atoms with Crippen molar-refractivity contribution in [3.05, 3.63) is 24.3 Å². The van der Waals surface area contributed by atoms with E-state index >= 15 is 0 Å². The van der Waals surface area contributed by atoms with Crippen molar-refractivity contribution in [3.8, 4) is 0 Å². The molecule has 0 aromatic heterocycles. The Morgan fingerprint density at radius 2 is 1.81 bits per heavy atom. The second kappa shape index (κ2) is 6.82. The fraction of sp³-hybridized carbons (Fsp3) is 0.389. The molecule has 6 amide bonds. The number of hydrogen-bond acceptors (Lipinski definition) is 5. The molecule has 1 aromatic carbocycles. The second-order valence-corrected chi connectivity index (χ2v) is 6.82. The van der Waals surface area contributed by atoms with Crippen LogP contribution in [0.2, 0.25) is 0 Å². The van der Waals surface area contributed by atoms with E-state index in [1.807, 2.05) is 0 Å². The van der Waals surface area contributed by atoms with Gasteiger partial charge in [-0.25, -0.2) is 9.69 Å². The van der Waals surface area contributed by atoms with E-state index in [1.54, 1.807) is 45.0 Å². The average molecular weight is 372 g/mol. The van der Waals surface area contributed by atoms with Crippen LogP contribution in [-0.2, 0) is 19.2 Å². The van der Waals surface area contributed by atoms with Crippen molar-refractivity contribution in [1.29, 1.82) is 0 Å². The van der Waals surface area contributed by atoms with Gasteiger partial charge in [0, 0.05) is 18.5 Å². The lowest BCUT2D eigenvalue weighted by atomic mass is 10.1. The molecule has 0 unspecified atom stereocenters. The van der Waals surface area contributed by atoms with Gasteiger partial charge in [0.2, 0.25) is 11.8 Å². The molecule has 0 bridgehead atoms. The quantitative estimate of drug-likeness (QED) is 0.628. The van der Waals surface area contributed by atoms with Gasteiger partial charge in [-0.05, 0) is 32.9 Å². The SMILES string of the molecule is CC(C)N1C(=O)C(=O)N(CC(=O)N2c3ccccc3NC(=O)C[C@H]2C)C1=O. The standard InChI is InChI=1S/C18H20N4O5/c1-10(2)21-17(26)16(25)20(18(21)27)9-15(24)22-11(3)8-14(23)19-12-6-4-5-7-13(12)22/h4-7,10-11H,8-9H2,1-3H3,(H,19,23)/t11-/m1/s1. The first-order valence-corrected chi connectivity index (χ1v) is 8.62. The van der Waals surface area contributed by atoms with Crippen molar-refractivity contribution in [2.75, 3.05) is 16.8 Å². The molecule has 27 heavy (non-hydrogen) atoms. The van der Waals surface area contributed by atoms with Crippen LogP contribution in [0.25, 0.3) is 0 Å². The van der Waals surface area contributed by atoms with Gasteiger partial charge >= 0.3 is 17.8 Å². The van der Waals surface area contributed by atoms with Crippen molar-refractivity contribution in [2.45, 2.75) is 39.3 Å². The Balaban J connectivity index is 1.90. The molecule has 1 fully saturated rings. The third-order valence-corrected chi connectivity index (χ3v) is 4.52. The lowest BCUT2D eigenvalue weighted by Crippen LogP contribution is -2.47. The topological polar surface area (TPSA) is 107 Å². The number of imide groups is 2. The van der Waals surface area contributed by atoms with Crippen LogP contribution in [0.3, 0.4) is 0 Å². The predicted molar refractivity (Wildman–Crippen MR) is 95.7 cm³/mol. The monoisotopic (exact) mass is 372 g/mol. The first-order valence-electron chi connectivity index (χ1n) is 8.62. The Morgan fingerprint density at radius 1 is 1.15 bits per heavy atom. The van der Waals surface area contributed by atoms with Gasteiger partial charge in [-0.2, -0.15) is 0 Å². The van der Waals surface area contributed by atoms with Gasteiger partial charge in [0.1, 0.15) is 6.54 Å². The molecule has 2 heterocycles. The number of rotatable bonds is 3. The van der Waals surface area contributed by atoms with E-state index in [4.69, 9.17) is 0 Å². The maximum absolute atomic E-state index is 13.0. The highest BCUT2D eigenvalue weighted by Crippen LogP contribution is 2.31. The minimum Gasteiger partial charge on any atom is -0.324 e. The van der Waals surface area contributed by atoms with Crippen molar-refractivity contribution >= 4 is 41.0 Å². The Morgan fingerprint density at radius 3 is 2.44 bits per heavy atom. The number of carbonyl (C=O) groups is 5. The Labute approximate surface area is 155 Å². The van der Waals surface area contributed by atoms with Gasteiger partial charge in [0.05, 0.1) is 11.4 Å². The fourth-order valence-corrected chi connectivity index (χ4v) is 3.30. The molecule has 2 aliphatic heterocycles. The smallest absolute Gasteiger partial charge is 0.324 e. The number of nitrogens with one attached hydrogen (secondary N) is 1. The van der Waals surface area contributed by atoms with E-state index in [0.29, 0.717) is 16.3 Å². The summed E-state index contributed by atoms with van der Waals surface area (Å²) in [6.45, 7) is 4.36. The van der Waals surface area contributed by atoms with E-state index in [0.717, 1.165) is 4.90 Å². The van der Waals surface area contributed by atoms with Gasteiger partial charge in [-0.3, -0.25) is 24.1 Å². The van der Waals surface area contributed by atoms with Crippen LogP contribution in [0.1, 0.15) is 27.2 Å². The first kappa shape index (κ1) is 18.6. The van der Waals surface area contributed by atoms with Crippen LogP contribution < -0.4 is 10.2 Å². The number of amides is 6. The molecule has 0 radical (unpaired) electrons. The number of nitrogens with zero attached hydrogens (tertiary/aromatic N) is 3. The number of urea groups is 1. The third kappa shape index (κ3) is 3.16. The Hall–Kier alpha value is -3.23. The first-order chi connectivity index (χ1) is 12.7. The molecule has 2 aliphatic rings. The van der Waals surface area contributed by atoms with Gasteiger partial charge in [-0.15, -0.1) is 0 Å². The van der Waals surface area contributed by atoms with Crippen molar-refractivity contribution in [3.63, 3.8) is 0 Å². The highest BCUT2D eigenvalue weighted by atomic mass is 16.2. The fourth-order valence-electron chi connectivity index (χ4n) is 3.30. The maximum Gasteiger partial charge on any atom is 0.334 e. The van der Waals surface area contributed by atoms with Crippen LogP contribution in [0.4, 0.5) is 16.2 Å². The molecule has 1 N–H and O–H groups in total. The summed E-state index contributed by atoms with van der Waals surface area (Å²) in [6.07, 6.45) is 0.0688. The molecule has 0 saturated carbocycles. The minimum absolute atomic E-state index is 0.0688. The molecule has 1 atom stereocenters. The molecule has 142 valence electrons. The zero-order valence-corrected chi connectivity index (χ0v) is 15.3. The Bertz CT molecular complexity index is 850. The lowest BCUT2D eigenvalue weighted by Gasteiger charge is -2.29. The van der Waals surface area contributed by atoms with E-state index in [9.17, 15) is 24.0 Å². The van der Waals surface area contributed by atoms with Gasteiger partial charge in [-0.1, -0.05) is 12.1 Å². The molecule has 1 aromatic rings. The van der Waals surface area contributed by atoms with Crippen LogP contribution in [0.15, 0.2) is 24.3 Å². The second-order valence-electron chi connectivity index (χ2n) is 6.82. The van der Waals surface area contributed by atoms with Crippen molar-refractivity contribution in [2.24, 2.45) is 0 Å². The summed E-state index contributed by atoms with van der Waals surface area (Å²) >= 11 is 0. The summed E-state index contributed by atoms with van der Waals surface area (Å²) < 4.78 is 0. The summed E-state index contributed by atoms with van der Waals surface area (Å²) in [7, 11) is 0. The summed E-state index contributed by atoms with van der Waals surface area (Å²) in [6, 6.07) is 5.01. The molecule has 1 saturated heterocycles. The number of hydrogen-bond donors (Lipinski definition) is 1. The maximum atomic E-state index is 13.0. The normalized spacial score (nSPS) is 20.1. The van der Waals surface area contributed by atoms with Gasteiger partial charge in [0.25, 0.3) is 0 Å². The molecule has 0 aliphatic carbocycles. The highest BCUT2D eigenvalue weighted by Gasteiger charge is 2.47. The summed E-state index contributed by atoms with van der Waals surface area (Å²) in [5.74, 6) is -2.75. The van der Waals surface area contributed by atoms with Crippen molar-refractivity contribution in [1.82, 2.24) is 9.80 Å². The van der Waals surface area contributed by atoms with E-state index in [2.05, 4.69) is 5.32 Å². The van der Waals surface area contributed by atoms with Gasteiger partial charge < -0.3 is 10.2 Å². The summed E-state index contributed by atoms with van der Waals surface area (Å²) in [4.78, 5) is 64.5. The van der Waals surface area contributed by atoms with E-state index in [-0.39, 0.29) is 12.3 Å². The van der Waals surface area contributed by atoms with E-state index in [1.165, 1.54) is 4.90 Å². The number of fused-ring (bicyclic) bond motifs is 1. The number of anilines is 2. The summed E-state index contributed by atoms with van der Waals surface area (Å²) in [5, 5.41) is 2.74. The number of para-hydroxylation sites is 2. The van der Waals surface area contributed by atoms with E-state index < -0.39 is 42.4 Å². The zero-order valence-electron chi connectivity index (χ0n) is 15.3. The highest BCUT2D eigenvalue weighted by molar-refractivity contribution is 6.45. The molecule has 9 heteroatoms. The van der Waals surface area contributed by atoms with Crippen LogP contribution >= 0.6 is 0 Å². The van der Waals surface area contributed by atoms with Crippen LogP contribution in [0.5, 0.6) is 0 Å². The van der Waals surface area contributed by atoms with Crippen LogP contribution in [-0.4, -0.2) is 58.1 Å². The zero-order chi connectivity index (χ0) is 19.9. The number of carbonyl (C=O) groups excluding carboxylic acids is 5. The van der Waals surface area contributed by atoms with Crippen LogP contribution in [0, 0.1) is 0 Å². The van der Waals surface area contributed by atoms with Crippen molar-refractivity contribution < 1.29 is 24.0 Å². The molecule has 9 nitrogen and oxygen atoms in total. The Kier molecular flexibility index (Phi) is 4.69. The molecular weight excluding hydrogens is 352 g/mol. The van der Waals surface area contributed by atoms with Gasteiger partial charge in [0.15, 0.2) is 0 Å². The summed E-state index contributed by atoms with van der Waals surface area (Å²) in [5.41, 5.74) is 0.950. The third-order valence-electron chi connectivity index (χ3n) is 4.52. The largest absolute Gasteiger partial charge is 0.334 e. The average Bonchev–Trinajstić information content (AvgIpc) is 2.73. The number of benzene rings is 1. The predicted octanol–water partition coefficient (Wildman–Crippen LogP) is 0.950. The molecular formula is C18H20N4O5.